The zero-order valence-corrected chi connectivity index (χ0v) is 17.8. The molecule has 1 aliphatic carbocycles. The molecule has 150 valence electrons. The van der Waals surface area contributed by atoms with E-state index < -0.39 is 6.10 Å². The molecule has 0 heterocycles. The van der Waals surface area contributed by atoms with E-state index in [1.807, 2.05) is 62.5 Å². The van der Waals surface area contributed by atoms with Crippen molar-refractivity contribution >= 4 is 12.1 Å². The van der Waals surface area contributed by atoms with Crippen LogP contribution in [0.25, 0.3) is 0 Å². The summed E-state index contributed by atoms with van der Waals surface area (Å²) in [5, 5.41) is 9.91. The van der Waals surface area contributed by atoms with Crippen molar-refractivity contribution in [3.63, 3.8) is 0 Å². The molecule has 0 saturated carbocycles. The summed E-state index contributed by atoms with van der Waals surface area (Å²) in [4.78, 5) is 22.6. The molecule has 0 aromatic heterocycles. The molecule has 0 radical (unpaired) electrons. The summed E-state index contributed by atoms with van der Waals surface area (Å²) < 4.78 is 0. The Balaban J connectivity index is 2.83. The lowest BCUT2D eigenvalue weighted by atomic mass is 9.71. The van der Waals surface area contributed by atoms with E-state index in [4.69, 9.17) is 0 Å². The molecule has 3 nitrogen and oxygen atoms in total. The predicted octanol–water partition coefficient (Wildman–Crippen LogP) is 5.37. The van der Waals surface area contributed by atoms with Crippen LogP contribution in [0, 0.1) is 5.41 Å². The third kappa shape index (κ3) is 7.24. The molecule has 0 bridgehead atoms. The van der Waals surface area contributed by atoms with Gasteiger partial charge in [0, 0.05) is 0 Å². The number of rotatable bonds is 7. The van der Waals surface area contributed by atoms with Crippen LogP contribution in [0.3, 0.4) is 0 Å². The molecule has 0 amide bonds. The molecule has 28 heavy (non-hydrogen) atoms. The number of allylic oxidation sites excluding steroid dienone is 13. The number of aliphatic hydroxyl groups excluding tert-OH is 1. The van der Waals surface area contributed by atoms with E-state index in [1.165, 1.54) is 0 Å². The van der Waals surface area contributed by atoms with Gasteiger partial charge >= 0.3 is 0 Å². The van der Waals surface area contributed by atoms with Gasteiger partial charge in [-0.3, -0.25) is 9.59 Å². The number of Topliss-reactive ketones (excluding diaryl/α,β-unsaturated/α-hetero) is 1. The number of carbonyl (C=O) groups is 2. The molecule has 1 atom stereocenters. The first-order valence-corrected chi connectivity index (χ1v) is 9.52. The summed E-state index contributed by atoms with van der Waals surface area (Å²) in [6, 6.07) is 0. The van der Waals surface area contributed by atoms with E-state index in [0.29, 0.717) is 17.6 Å². The standard InChI is InChI=1S/C25H32O3/c1-18(10-7-8-11-20(3)17-26)12-9-13-19(2)14-15-22-21(4)24(28)23(27)16-25(22,5)6/h7-15,17,23,27H,16H2,1-6H3/t23-/m0/s1. The molecule has 1 N–H and O–H groups in total. The highest BCUT2D eigenvalue weighted by Crippen LogP contribution is 2.39. The second-order valence-corrected chi connectivity index (χ2v) is 7.93. The van der Waals surface area contributed by atoms with Crippen molar-refractivity contribution < 1.29 is 14.7 Å². The quantitative estimate of drug-likeness (QED) is 0.367. The molecule has 0 aliphatic heterocycles. The Kier molecular flexibility index (Phi) is 9.01. The lowest BCUT2D eigenvalue weighted by Gasteiger charge is -2.34. The molecular weight excluding hydrogens is 348 g/mol. The van der Waals surface area contributed by atoms with Crippen LogP contribution >= 0.6 is 0 Å². The molecule has 0 saturated heterocycles. The average Bonchev–Trinajstić information content (AvgIpc) is 2.62. The molecule has 1 aliphatic rings. The van der Waals surface area contributed by atoms with Gasteiger partial charge in [0.1, 0.15) is 12.4 Å². The maximum Gasteiger partial charge on any atom is 0.187 e. The minimum absolute atomic E-state index is 0.174. The highest BCUT2D eigenvalue weighted by atomic mass is 16.3. The molecular formula is C25H32O3. The average molecular weight is 381 g/mol. The summed E-state index contributed by atoms with van der Waals surface area (Å²) in [5.41, 5.74) is 4.25. The third-order valence-corrected chi connectivity index (χ3v) is 4.76. The maximum atomic E-state index is 12.1. The second-order valence-electron chi connectivity index (χ2n) is 7.93. The van der Waals surface area contributed by atoms with Crippen LogP contribution in [0.5, 0.6) is 0 Å². The summed E-state index contributed by atoms with van der Waals surface area (Å²) in [7, 11) is 0. The van der Waals surface area contributed by atoms with E-state index in [0.717, 1.165) is 23.0 Å². The van der Waals surface area contributed by atoms with Crippen molar-refractivity contribution in [1.82, 2.24) is 0 Å². The molecule has 0 aromatic carbocycles. The number of ketones is 1. The molecule has 0 unspecified atom stereocenters. The van der Waals surface area contributed by atoms with Crippen molar-refractivity contribution in [2.45, 2.75) is 54.1 Å². The van der Waals surface area contributed by atoms with E-state index >= 15 is 0 Å². The molecule has 0 spiro atoms. The molecule has 0 aromatic rings. The molecule has 3 heteroatoms. The normalized spacial score (nSPS) is 22.2. The van der Waals surface area contributed by atoms with Gasteiger partial charge in [0.25, 0.3) is 0 Å². The number of hydrogen-bond acceptors (Lipinski definition) is 3. The monoisotopic (exact) mass is 380 g/mol. The topological polar surface area (TPSA) is 54.4 Å². The predicted molar refractivity (Wildman–Crippen MR) is 117 cm³/mol. The van der Waals surface area contributed by atoms with Crippen molar-refractivity contribution in [3.8, 4) is 0 Å². The Morgan fingerprint density at radius 2 is 1.50 bits per heavy atom. The summed E-state index contributed by atoms with van der Waals surface area (Å²) in [6.07, 6.45) is 17.8. The van der Waals surface area contributed by atoms with Crippen LogP contribution < -0.4 is 0 Å². The lowest BCUT2D eigenvalue weighted by molar-refractivity contribution is -0.125. The minimum atomic E-state index is -0.895. The molecule has 0 fully saturated rings. The Morgan fingerprint density at radius 1 is 0.964 bits per heavy atom. The Bertz CT molecular complexity index is 809. The van der Waals surface area contributed by atoms with Crippen molar-refractivity contribution in [2.75, 3.05) is 0 Å². The minimum Gasteiger partial charge on any atom is -0.385 e. The van der Waals surface area contributed by atoms with Crippen LogP contribution in [0.4, 0.5) is 0 Å². The van der Waals surface area contributed by atoms with Crippen LogP contribution in [0.15, 0.2) is 82.5 Å². The fourth-order valence-corrected chi connectivity index (χ4v) is 3.06. The Morgan fingerprint density at radius 3 is 2.11 bits per heavy atom. The van der Waals surface area contributed by atoms with Gasteiger partial charge in [-0.15, -0.1) is 0 Å². The van der Waals surface area contributed by atoms with E-state index in [2.05, 4.69) is 13.8 Å². The zero-order chi connectivity index (χ0) is 21.3. The van der Waals surface area contributed by atoms with Crippen LogP contribution in [-0.2, 0) is 9.59 Å². The van der Waals surface area contributed by atoms with Crippen LogP contribution in [0.1, 0.15) is 48.0 Å². The molecule has 1 rings (SSSR count). The van der Waals surface area contributed by atoms with Crippen molar-refractivity contribution in [3.05, 3.63) is 82.5 Å². The zero-order valence-electron chi connectivity index (χ0n) is 17.8. The van der Waals surface area contributed by atoms with Crippen LogP contribution in [0.2, 0.25) is 0 Å². The van der Waals surface area contributed by atoms with Gasteiger partial charge in [-0.1, -0.05) is 79.7 Å². The summed E-state index contributed by atoms with van der Waals surface area (Å²) in [5.74, 6) is -0.174. The van der Waals surface area contributed by atoms with Gasteiger partial charge < -0.3 is 5.11 Å². The maximum absolute atomic E-state index is 12.1. The van der Waals surface area contributed by atoms with E-state index in [9.17, 15) is 14.7 Å². The highest BCUT2D eigenvalue weighted by Gasteiger charge is 2.36. The first kappa shape index (κ1) is 23.5. The fourth-order valence-electron chi connectivity index (χ4n) is 3.06. The van der Waals surface area contributed by atoms with Gasteiger partial charge in [-0.05, 0) is 56.3 Å². The Hall–Kier alpha value is -2.52. The van der Waals surface area contributed by atoms with E-state index in [-0.39, 0.29) is 11.2 Å². The first-order chi connectivity index (χ1) is 13.1. The highest BCUT2D eigenvalue weighted by molar-refractivity contribution is 6.00. The van der Waals surface area contributed by atoms with Gasteiger partial charge in [-0.2, -0.15) is 0 Å². The van der Waals surface area contributed by atoms with Gasteiger partial charge in [-0.25, -0.2) is 0 Å². The van der Waals surface area contributed by atoms with Gasteiger partial charge in [0.15, 0.2) is 5.78 Å². The van der Waals surface area contributed by atoms with Crippen LogP contribution in [-0.4, -0.2) is 23.3 Å². The van der Waals surface area contributed by atoms with Gasteiger partial charge in [0.05, 0.1) is 0 Å². The third-order valence-electron chi connectivity index (χ3n) is 4.76. The summed E-state index contributed by atoms with van der Waals surface area (Å²) >= 11 is 0. The number of aliphatic hydroxyl groups is 1. The van der Waals surface area contributed by atoms with Gasteiger partial charge in [0.2, 0.25) is 0 Å². The number of hydrogen-bond donors (Lipinski definition) is 1. The largest absolute Gasteiger partial charge is 0.385 e. The smallest absolute Gasteiger partial charge is 0.187 e. The second kappa shape index (κ2) is 10.7. The number of carbonyl (C=O) groups excluding carboxylic acids is 2. The lowest BCUT2D eigenvalue weighted by Crippen LogP contribution is -2.35. The number of aldehydes is 1. The van der Waals surface area contributed by atoms with E-state index in [1.54, 1.807) is 19.9 Å². The SMILES string of the molecule is CC(C=O)=CC=CC=C(C)C=CC=C(C)C=CC1=C(C)C(=O)[C@@H](O)CC1(C)C. The Labute approximate surface area is 169 Å². The van der Waals surface area contributed by atoms with Crippen molar-refractivity contribution in [2.24, 2.45) is 5.41 Å². The summed E-state index contributed by atoms with van der Waals surface area (Å²) in [6.45, 7) is 11.7. The fraction of sp³-hybridized carbons (Fsp3) is 0.360. The van der Waals surface area contributed by atoms with Crippen molar-refractivity contribution in [1.29, 1.82) is 0 Å². The first-order valence-electron chi connectivity index (χ1n) is 9.52.